The smallest absolute Gasteiger partial charge is 0.166 e. The standard InChI is InChI=1S/C21H17ClN6O/c1-13-7-14(9-23-13)3-5-17-19-10-27-20(11-29-2)25-26-21(27)16-8-15(22)4-6-18(16)28(19)12-24-17/h4,6,8-9,12H,7,10-11H2,1-2H3. The Hall–Kier alpha value is -3.21. The Labute approximate surface area is 172 Å². The highest BCUT2D eigenvalue weighted by Gasteiger charge is 2.25. The molecule has 0 aliphatic carbocycles. The molecule has 8 heteroatoms. The van der Waals surface area contributed by atoms with Crippen molar-refractivity contribution >= 4 is 17.3 Å². The van der Waals surface area contributed by atoms with Crippen molar-refractivity contribution in [2.45, 2.75) is 26.5 Å². The van der Waals surface area contributed by atoms with Gasteiger partial charge >= 0.3 is 0 Å². The van der Waals surface area contributed by atoms with Crippen molar-refractivity contribution in [2.24, 2.45) is 4.99 Å². The third-order valence-corrected chi connectivity index (χ3v) is 5.20. The third kappa shape index (κ3) is 3.07. The molecule has 2 aromatic heterocycles. The van der Waals surface area contributed by atoms with Gasteiger partial charge < -0.3 is 9.30 Å². The monoisotopic (exact) mass is 404 g/mol. The average molecular weight is 405 g/mol. The van der Waals surface area contributed by atoms with Gasteiger partial charge in [0.1, 0.15) is 18.6 Å². The number of rotatable bonds is 2. The van der Waals surface area contributed by atoms with Crippen molar-refractivity contribution in [3.63, 3.8) is 0 Å². The Kier molecular flexibility index (Phi) is 4.31. The van der Waals surface area contributed by atoms with Gasteiger partial charge in [-0.1, -0.05) is 17.5 Å². The molecule has 0 bridgehead atoms. The molecule has 2 aliphatic heterocycles. The number of allylic oxidation sites excluding steroid dienone is 1. The first-order valence-corrected chi connectivity index (χ1v) is 9.53. The number of ether oxygens (including phenoxy) is 1. The number of imidazole rings is 1. The highest BCUT2D eigenvalue weighted by molar-refractivity contribution is 6.31. The number of benzene rings is 1. The van der Waals surface area contributed by atoms with E-state index in [1.54, 1.807) is 13.4 Å². The number of hydrogen-bond donors (Lipinski definition) is 0. The highest BCUT2D eigenvalue weighted by atomic mass is 35.5. The number of aliphatic imine (C=N–C) groups is 1. The van der Waals surface area contributed by atoms with Crippen LogP contribution in [0.1, 0.15) is 30.6 Å². The molecule has 0 fully saturated rings. The molecule has 0 amide bonds. The zero-order chi connectivity index (χ0) is 20.0. The lowest BCUT2D eigenvalue weighted by Crippen LogP contribution is -2.09. The molecule has 2 aliphatic rings. The molecule has 0 N–H and O–H groups in total. The maximum Gasteiger partial charge on any atom is 0.166 e. The van der Waals surface area contributed by atoms with E-state index >= 15 is 0 Å². The van der Waals surface area contributed by atoms with Crippen molar-refractivity contribution in [1.82, 2.24) is 24.3 Å². The first-order valence-electron chi connectivity index (χ1n) is 9.16. The second kappa shape index (κ2) is 6.99. The van der Waals surface area contributed by atoms with E-state index < -0.39 is 0 Å². The Morgan fingerprint density at radius 3 is 2.93 bits per heavy atom. The van der Waals surface area contributed by atoms with E-state index in [1.165, 1.54) is 0 Å². The van der Waals surface area contributed by atoms with E-state index in [4.69, 9.17) is 16.3 Å². The highest BCUT2D eigenvalue weighted by Crippen LogP contribution is 2.34. The van der Waals surface area contributed by atoms with Crippen LogP contribution >= 0.6 is 11.6 Å². The van der Waals surface area contributed by atoms with E-state index in [0.717, 1.165) is 52.0 Å². The van der Waals surface area contributed by atoms with Gasteiger partial charge in [-0.2, -0.15) is 0 Å². The van der Waals surface area contributed by atoms with Crippen LogP contribution in [0.25, 0.3) is 17.1 Å². The summed E-state index contributed by atoms with van der Waals surface area (Å²) in [5.74, 6) is 7.92. The molecule has 0 saturated carbocycles. The summed E-state index contributed by atoms with van der Waals surface area (Å²) in [6, 6.07) is 5.73. The van der Waals surface area contributed by atoms with Crippen molar-refractivity contribution < 1.29 is 4.74 Å². The van der Waals surface area contributed by atoms with Crippen LogP contribution in [0.3, 0.4) is 0 Å². The van der Waals surface area contributed by atoms with Crippen LogP contribution in [0.15, 0.2) is 41.3 Å². The second-order valence-corrected chi connectivity index (χ2v) is 7.41. The lowest BCUT2D eigenvalue weighted by atomic mass is 10.1. The largest absolute Gasteiger partial charge is 0.377 e. The van der Waals surface area contributed by atoms with Crippen molar-refractivity contribution in [2.75, 3.05) is 7.11 Å². The summed E-state index contributed by atoms with van der Waals surface area (Å²) in [6.45, 7) is 2.90. The van der Waals surface area contributed by atoms with Gasteiger partial charge in [-0.25, -0.2) is 4.98 Å². The first-order chi connectivity index (χ1) is 14.1. The van der Waals surface area contributed by atoms with E-state index in [1.807, 2.05) is 40.5 Å². The van der Waals surface area contributed by atoms with Gasteiger partial charge in [-0.15, -0.1) is 10.2 Å². The lowest BCUT2D eigenvalue weighted by molar-refractivity contribution is 0.174. The van der Waals surface area contributed by atoms with Crippen LogP contribution in [0.4, 0.5) is 0 Å². The van der Waals surface area contributed by atoms with Crippen LogP contribution in [-0.2, 0) is 17.9 Å². The second-order valence-electron chi connectivity index (χ2n) is 6.98. The number of aromatic nitrogens is 5. The summed E-state index contributed by atoms with van der Waals surface area (Å²) in [5.41, 5.74) is 5.59. The van der Waals surface area contributed by atoms with E-state index in [0.29, 0.717) is 18.2 Å². The number of fused-ring (bicyclic) bond motifs is 5. The Balaban J connectivity index is 1.66. The lowest BCUT2D eigenvalue weighted by Gasteiger charge is -2.08. The van der Waals surface area contributed by atoms with Gasteiger partial charge in [0, 0.05) is 41.6 Å². The molecule has 0 radical (unpaired) electrons. The van der Waals surface area contributed by atoms with Crippen LogP contribution < -0.4 is 0 Å². The minimum Gasteiger partial charge on any atom is -0.377 e. The van der Waals surface area contributed by atoms with E-state index in [-0.39, 0.29) is 0 Å². The molecule has 0 atom stereocenters. The number of nitrogens with zero attached hydrogens (tertiary/aromatic N) is 6. The van der Waals surface area contributed by atoms with Crippen molar-refractivity contribution in [3.05, 3.63) is 58.5 Å². The fourth-order valence-electron chi connectivity index (χ4n) is 3.59. The maximum atomic E-state index is 6.28. The van der Waals surface area contributed by atoms with Crippen LogP contribution in [-0.4, -0.2) is 37.1 Å². The minimum absolute atomic E-state index is 0.363. The molecule has 29 heavy (non-hydrogen) atoms. The molecule has 4 heterocycles. The van der Waals surface area contributed by atoms with E-state index in [2.05, 4.69) is 32.0 Å². The number of methoxy groups -OCH3 is 1. The topological polar surface area (TPSA) is 70.1 Å². The van der Waals surface area contributed by atoms with Gasteiger partial charge in [0.25, 0.3) is 0 Å². The summed E-state index contributed by atoms with van der Waals surface area (Å²) >= 11 is 6.28. The fraction of sp³-hybridized carbons (Fsp3) is 0.238. The van der Waals surface area contributed by atoms with Crippen LogP contribution in [0, 0.1) is 11.8 Å². The molecule has 3 aromatic rings. The summed E-state index contributed by atoms with van der Waals surface area (Å²) < 4.78 is 9.39. The van der Waals surface area contributed by atoms with Gasteiger partial charge in [-0.3, -0.25) is 9.56 Å². The van der Waals surface area contributed by atoms with Crippen molar-refractivity contribution in [1.29, 1.82) is 0 Å². The Morgan fingerprint density at radius 2 is 2.14 bits per heavy atom. The summed E-state index contributed by atoms with van der Waals surface area (Å²) in [5, 5.41) is 9.36. The molecule has 144 valence electrons. The van der Waals surface area contributed by atoms with Crippen molar-refractivity contribution in [3.8, 4) is 28.9 Å². The quantitative estimate of drug-likeness (QED) is 0.480. The number of hydrogen-bond acceptors (Lipinski definition) is 5. The summed E-state index contributed by atoms with van der Waals surface area (Å²) in [7, 11) is 1.64. The first kappa shape index (κ1) is 17.9. The minimum atomic E-state index is 0.363. The Morgan fingerprint density at radius 1 is 1.24 bits per heavy atom. The maximum absolute atomic E-state index is 6.28. The normalized spacial score (nSPS) is 14.2. The van der Waals surface area contributed by atoms with E-state index in [9.17, 15) is 0 Å². The Bertz CT molecular complexity index is 1250. The molecule has 5 rings (SSSR count). The summed E-state index contributed by atoms with van der Waals surface area (Å²) in [4.78, 5) is 8.87. The van der Waals surface area contributed by atoms with Crippen LogP contribution in [0.5, 0.6) is 0 Å². The van der Waals surface area contributed by atoms with Gasteiger partial charge in [0.2, 0.25) is 0 Å². The van der Waals surface area contributed by atoms with Crippen LogP contribution in [0.2, 0.25) is 5.02 Å². The molecule has 1 aromatic carbocycles. The molecular weight excluding hydrogens is 388 g/mol. The summed E-state index contributed by atoms with van der Waals surface area (Å²) in [6.07, 6.45) is 4.41. The van der Waals surface area contributed by atoms with Gasteiger partial charge in [0.05, 0.1) is 17.9 Å². The number of halogens is 1. The predicted molar refractivity (Wildman–Crippen MR) is 110 cm³/mol. The molecule has 0 saturated heterocycles. The third-order valence-electron chi connectivity index (χ3n) is 4.96. The average Bonchev–Trinajstić information content (AvgIpc) is 3.39. The molecule has 0 unspecified atom stereocenters. The fourth-order valence-corrected chi connectivity index (χ4v) is 3.76. The molecule has 0 spiro atoms. The zero-order valence-electron chi connectivity index (χ0n) is 16.0. The molecular formula is C21H17ClN6O. The molecule has 7 nitrogen and oxygen atoms in total. The van der Waals surface area contributed by atoms with Gasteiger partial charge in [-0.05, 0) is 31.0 Å². The van der Waals surface area contributed by atoms with Gasteiger partial charge in [0.15, 0.2) is 11.6 Å². The predicted octanol–water partition coefficient (Wildman–Crippen LogP) is 3.39. The SMILES string of the molecule is COCc1nnc2n1Cc1c(C#CC3=CN=C(C)C3)ncn1-c1ccc(Cl)cc1-2. The zero-order valence-corrected chi connectivity index (χ0v) is 16.7.